The van der Waals surface area contributed by atoms with Gasteiger partial charge in [0.25, 0.3) is 15.9 Å². The van der Waals surface area contributed by atoms with Crippen LogP contribution in [0.25, 0.3) is 22.1 Å². The highest BCUT2D eigenvalue weighted by Gasteiger charge is 2.50. The Bertz CT molecular complexity index is 2900. The molecule has 64 heavy (non-hydrogen) atoms. The van der Waals surface area contributed by atoms with E-state index in [9.17, 15) is 22.9 Å². The molecular weight excluding hydrogens is 833 g/mol. The molecule has 0 radical (unpaired) electrons. The molecule has 3 aromatic carbocycles. The van der Waals surface area contributed by atoms with Crippen molar-refractivity contribution < 1.29 is 22.7 Å². The number of piperidine rings is 1. The first-order valence-corrected chi connectivity index (χ1v) is 24.1. The molecule has 16 heteroatoms. The standard InChI is InChI=1S/C48H54N8O7S/c1-30(2)37-6-3-4-7-38(37)42-8-5-17-55(42)34-26-48(27-34)14-18-54(19-15-48)33-9-10-39(43(23-33)63-35-22-32-11-16-49-45(32)50-28-35)46(57)53-64(60,61)36-24-40-44(41(25-36)52-59)56(47(58)51-40)29-31-12-20-62-21-13-31/h3-4,6-7,9-11,16,22-25,28,30-31,34,42H,5,8,12-15,17-21,26-27,29H2,1-2H3,(H,49,50)(H,51,58)(H,53,57)/t42-/m0/s1. The summed E-state index contributed by atoms with van der Waals surface area (Å²) in [6.07, 6.45) is 11.8. The van der Waals surface area contributed by atoms with Crippen LogP contribution in [0.15, 0.2) is 94.0 Å². The number of hydrogen-bond acceptors (Lipinski definition) is 11. The highest BCUT2D eigenvalue weighted by atomic mass is 32.2. The van der Waals surface area contributed by atoms with E-state index < -0.39 is 26.5 Å². The van der Waals surface area contributed by atoms with Gasteiger partial charge < -0.3 is 24.3 Å². The fraction of sp³-hybridized carbons (Fsp3) is 0.438. The minimum Gasteiger partial charge on any atom is -0.455 e. The molecule has 1 aliphatic carbocycles. The Morgan fingerprint density at radius 2 is 1.81 bits per heavy atom. The molecule has 334 valence electrons. The summed E-state index contributed by atoms with van der Waals surface area (Å²) >= 11 is 0. The highest BCUT2D eigenvalue weighted by molar-refractivity contribution is 7.90. The topological polar surface area (TPSA) is 184 Å². The molecule has 3 N–H and O–H groups in total. The summed E-state index contributed by atoms with van der Waals surface area (Å²) in [5, 5.41) is 3.91. The number of rotatable bonds is 12. The van der Waals surface area contributed by atoms with Gasteiger partial charge in [0.1, 0.15) is 22.8 Å². The molecule has 3 saturated heterocycles. The SMILES string of the molecule is CC(C)c1ccccc1[C@@H]1CCCN1C1CC2(CCN(c3ccc(C(=O)NS(=O)(=O)c4cc(N=O)c5c(c4)[nH]c(=O)n5CC4CCOCC4)c(Oc4cnc5[nH]ccc5c4)c3)CC2)C1. The van der Waals surface area contributed by atoms with Crippen molar-refractivity contribution in [3.63, 3.8) is 0 Å². The van der Waals surface area contributed by atoms with Crippen molar-refractivity contribution in [2.24, 2.45) is 16.5 Å². The number of amides is 1. The normalized spacial score (nSPS) is 19.7. The summed E-state index contributed by atoms with van der Waals surface area (Å²) < 4.78 is 43.3. The maximum atomic E-state index is 14.1. The predicted molar refractivity (Wildman–Crippen MR) is 245 cm³/mol. The lowest BCUT2D eigenvalue weighted by Crippen LogP contribution is -2.54. The Hall–Kier alpha value is -5.84. The number of hydrogen-bond donors (Lipinski definition) is 3. The molecule has 3 aromatic heterocycles. The van der Waals surface area contributed by atoms with Crippen LogP contribution < -0.4 is 20.0 Å². The minimum atomic E-state index is -4.58. The maximum Gasteiger partial charge on any atom is 0.326 e. The van der Waals surface area contributed by atoms with Gasteiger partial charge in [-0.2, -0.15) is 0 Å². The van der Waals surface area contributed by atoms with Gasteiger partial charge in [0, 0.05) is 68.3 Å². The maximum absolute atomic E-state index is 14.1. The number of carbonyl (C=O) groups is 1. The zero-order valence-electron chi connectivity index (χ0n) is 36.2. The van der Waals surface area contributed by atoms with Crippen LogP contribution in [-0.2, 0) is 21.3 Å². The van der Waals surface area contributed by atoms with E-state index in [-0.39, 0.29) is 34.0 Å². The molecule has 3 aliphatic heterocycles. The van der Waals surface area contributed by atoms with Crippen molar-refractivity contribution in [3.05, 3.63) is 111 Å². The summed E-state index contributed by atoms with van der Waals surface area (Å²) in [5.41, 5.74) is 4.40. The molecule has 0 unspecified atom stereocenters. The van der Waals surface area contributed by atoms with Gasteiger partial charge in [-0.25, -0.2) is 22.9 Å². The van der Waals surface area contributed by atoms with Crippen LogP contribution in [0.3, 0.4) is 0 Å². The van der Waals surface area contributed by atoms with E-state index in [4.69, 9.17) is 9.47 Å². The molecular formula is C48H54N8O7S. The lowest BCUT2D eigenvalue weighted by Gasteiger charge is -2.56. The lowest BCUT2D eigenvalue weighted by atomic mass is 9.59. The lowest BCUT2D eigenvalue weighted by molar-refractivity contribution is -0.0227. The number of sulfonamides is 1. The zero-order valence-corrected chi connectivity index (χ0v) is 37.0. The molecule has 1 saturated carbocycles. The van der Waals surface area contributed by atoms with E-state index in [1.807, 2.05) is 12.1 Å². The van der Waals surface area contributed by atoms with Crippen molar-refractivity contribution in [3.8, 4) is 11.5 Å². The molecule has 1 spiro atoms. The third kappa shape index (κ3) is 8.00. The molecule has 6 aromatic rings. The van der Waals surface area contributed by atoms with Crippen molar-refractivity contribution in [1.29, 1.82) is 0 Å². The zero-order chi connectivity index (χ0) is 44.2. The van der Waals surface area contributed by atoms with Crippen LogP contribution in [0.1, 0.15) is 98.7 Å². The van der Waals surface area contributed by atoms with Crippen LogP contribution in [0.5, 0.6) is 11.5 Å². The van der Waals surface area contributed by atoms with Gasteiger partial charge in [0.2, 0.25) is 0 Å². The van der Waals surface area contributed by atoms with Crippen molar-refractivity contribution >= 4 is 49.4 Å². The summed E-state index contributed by atoms with van der Waals surface area (Å²) in [4.78, 5) is 54.2. The number of nitrogens with zero attached hydrogens (tertiary/aromatic N) is 5. The summed E-state index contributed by atoms with van der Waals surface area (Å²) in [5.74, 6) is 0.238. The third-order valence-corrected chi connectivity index (χ3v) is 15.6. The van der Waals surface area contributed by atoms with E-state index in [1.165, 1.54) is 47.4 Å². The summed E-state index contributed by atoms with van der Waals surface area (Å²) in [7, 11) is -4.58. The van der Waals surface area contributed by atoms with Crippen molar-refractivity contribution in [2.45, 2.75) is 94.7 Å². The first kappa shape index (κ1) is 42.1. The van der Waals surface area contributed by atoms with Crippen LogP contribution in [0, 0.1) is 16.2 Å². The number of nitrogens with one attached hydrogen (secondary N) is 3. The highest BCUT2D eigenvalue weighted by Crippen LogP contribution is 2.54. The molecule has 15 nitrogen and oxygen atoms in total. The second-order valence-electron chi connectivity index (χ2n) is 18.6. The quantitative estimate of drug-likeness (QED) is 0.101. The van der Waals surface area contributed by atoms with Crippen molar-refractivity contribution in [1.82, 2.24) is 29.1 Å². The fourth-order valence-corrected chi connectivity index (χ4v) is 11.9. The molecule has 4 aliphatic rings. The van der Waals surface area contributed by atoms with Crippen molar-refractivity contribution in [2.75, 3.05) is 37.7 Å². The average Bonchev–Trinajstić information content (AvgIpc) is 4.04. The van der Waals surface area contributed by atoms with Gasteiger partial charge >= 0.3 is 5.69 Å². The summed E-state index contributed by atoms with van der Waals surface area (Å²) in [6.45, 7) is 8.89. The Kier molecular flexibility index (Phi) is 11.2. The predicted octanol–water partition coefficient (Wildman–Crippen LogP) is 8.65. The molecule has 6 heterocycles. The number of anilines is 1. The van der Waals surface area contributed by atoms with E-state index in [1.54, 1.807) is 30.6 Å². The molecule has 1 amide bonds. The smallest absolute Gasteiger partial charge is 0.326 e. The van der Waals surface area contributed by atoms with Gasteiger partial charge in [0.05, 0.1) is 27.7 Å². The Balaban J connectivity index is 0.870. The number of pyridine rings is 1. The number of imidazole rings is 1. The van der Waals surface area contributed by atoms with Crippen LogP contribution in [0.4, 0.5) is 11.4 Å². The molecule has 1 atom stereocenters. The van der Waals surface area contributed by atoms with Gasteiger partial charge in [0.15, 0.2) is 0 Å². The van der Waals surface area contributed by atoms with Gasteiger partial charge in [-0.1, -0.05) is 38.1 Å². The number of fused-ring (bicyclic) bond motifs is 2. The largest absolute Gasteiger partial charge is 0.455 e. The number of ether oxygens (including phenoxy) is 2. The Morgan fingerprint density at radius 3 is 2.59 bits per heavy atom. The van der Waals surface area contributed by atoms with Gasteiger partial charge in [-0.3, -0.25) is 14.3 Å². The Morgan fingerprint density at radius 1 is 1.02 bits per heavy atom. The third-order valence-electron chi connectivity index (χ3n) is 14.3. The number of carbonyl (C=O) groups excluding carboxylic acids is 1. The minimum absolute atomic E-state index is 0.0122. The average molecular weight is 887 g/mol. The number of nitroso groups, excluding NO2 is 1. The number of aromatic nitrogens is 4. The molecule has 0 bridgehead atoms. The van der Waals surface area contributed by atoms with Gasteiger partial charge in [-0.15, -0.1) is 4.91 Å². The number of likely N-dealkylation sites (tertiary alicyclic amines) is 1. The number of benzene rings is 3. The van der Waals surface area contributed by atoms with Crippen LogP contribution >= 0.6 is 0 Å². The fourth-order valence-electron chi connectivity index (χ4n) is 10.9. The monoisotopic (exact) mass is 886 g/mol. The number of H-pyrrole nitrogens is 2. The molecule has 4 fully saturated rings. The summed E-state index contributed by atoms with van der Waals surface area (Å²) in [6, 6.07) is 21.2. The van der Waals surface area contributed by atoms with E-state index in [0.717, 1.165) is 62.5 Å². The van der Waals surface area contributed by atoms with Gasteiger partial charge in [-0.05, 0) is 128 Å². The second-order valence-corrected chi connectivity index (χ2v) is 20.2. The van der Waals surface area contributed by atoms with E-state index in [2.05, 4.69) is 72.8 Å². The van der Waals surface area contributed by atoms with E-state index in [0.29, 0.717) is 54.6 Å². The molecule has 10 rings (SSSR count). The first-order chi connectivity index (χ1) is 31.0. The first-order valence-electron chi connectivity index (χ1n) is 22.6. The second kappa shape index (κ2) is 16.9. The van der Waals surface area contributed by atoms with E-state index >= 15 is 0 Å². The van der Waals surface area contributed by atoms with Crippen LogP contribution in [0.2, 0.25) is 0 Å². The van der Waals surface area contributed by atoms with Crippen LogP contribution in [-0.4, -0.2) is 77.6 Å². The Labute approximate surface area is 371 Å². The number of aromatic amines is 2.